The van der Waals surface area contributed by atoms with E-state index in [1.807, 2.05) is 24.3 Å². The number of carbonyl (C=O) groups excluding carboxylic acids is 1. The third-order valence-corrected chi connectivity index (χ3v) is 3.54. The molecule has 0 atom stereocenters. The Labute approximate surface area is 133 Å². The fraction of sp³-hybridized carbons (Fsp3) is 0.0588. The number of rotatable bonds is 4. The molecule has 114 valence electrons. The highest BCUT2D eigenvalue weighted by molar-refractivity contribution is 6.58. The first-order chi connectivity index (χ1) is 11.1. The van der Waals surface area contributed by atoms with Gasteiger partial charge in [0.25, 0.3) is 0 Å². The fourth-order valence-electron chi connectivity index (χ4n) is 2.42. The standard InChI is InChI=1S/C17H15BN2O3/c21-17(9-12-2-1-3-15(8-12)18(22)23)20-16-5-4-14-11-19-7-6-13(14)10-16/h1-8,10-11,22-23H,9H2,(H,20,21). The Morgan fingerprint density at radius 1 is 1.09 bits per heavy atom. The van der Waals surface area contributed by atoms with Gasteiger partial charge in [-0.2, -0.15) is 0 Å². The van der Waals surface area contributed by atoms with Crippen LogP contribution in [0.4, 0.5) is 5.69 Å². The van der Waals surface area contributed by atoms with Crippen molar-refractivity contribution in [2.75, 3.05) is 5.32 Å². The molecule has 3 N–H and O–H groups in total. The zero-order valence-electron chi connectivity index (χ0n) is 12.3. The van der Waals surface area contributed by atoms with E-state index >= 15 is 0 Å². The summed E-state index contributed by atoms with van der Waals surface area (Å²) in [6, 6.07) is 14.2. The largest absolute Gasteiger partial charge is 0.488 e. The third-order valence-electron chi connectivity index (χ3n) is 3.54. The lowest BCUT2D eigenvalue weighted by molar-refractivity contribution is -0.115. The van der Waals surface area contributed by atoms with E-state index in [1.165, 1.54) is 0 Å². The second kappa shape index (κ2) is 6.60. The molecule has 0 saturated carbocycles. The van der Waals surface area contributed by atoms with Gasteiger partial charge < -0.3 is 15.4 Å². The van der Waals surface area contributed by atoms with Gasteiger partial charge >= 0.3 is 7.12 Å². The Balaban J connectivity index is 1.72. The van der Waals surface area contributed by atoms with Crippen LogP contribution in [0, 0.1) is 0 Å². The maximum absolute atomic E-state index is 12.2. The van der Waals surface area contributed by atoms with Crippen molar-refractivity contribution >= 4 is 34.9 Å². The zero-order valence-corrected chi connectivity index (χ0v) is 12.3. The van der Waals surface area contributed by atoms with Crippen LogP contribution in [-0.2, 0) is 11.2 Å². The highest BCUT2D eigenvalue weighted by atomic mass is 16.4. The lowest BCUT2D eigenvalue weighted by Crippen LogP contribution is -2.30. The molecule has 3 rings (SSSR count). The van der Waals surface area contributed by atoms with Gasteiger partial charge in [0.15, 0.2) is 0 Å². The average Bonchev–Trinajstić information content (AvgIpc) is 2.55. The summed E-state index contributed by atoms with van der Waals surface area (Å²) in [5, 5.41) is 23.2. The summed E-state index contributed by atoms with van der Waals surface area (Å²) in [7, 11) is -1.54. The highest BCUT2D eigenvalue weighted by Crippen LogP contribution is 2.18. The summed E-state index contributed by atoms with van der Waals surface area (Å²) in [6.45, 7) is 0. The number of amides is 1. The first kappa shape index (κ1) is 15.2. The monoisotopic (exact) mass is 306 g/mol. The fourth-order valence-corrected chi connectivity index (χ4v) is 2.42. The molecule has 0 aliphatic rings. The number of hydrogen-bond donors (Lipinski definition) is 3. The molecule has 0 aliphatic heterocycles. The molecule has 3 aromatic rings. The smallest absolute Gasteiger partial charge is 0.423 e. The summed E-state index contributed by atoms with van der Waals surface area (Å²) < 4.78 is 0. The van der Waals surface area contributed by atoms with Gasteiger partial charge in [-0.15, -0.1) is 0 Å². The maximum Gasteiger partial charge on any atom is 0.488 e. The molecule has 6 heteroatoms. The highest BCUT2D eigenvalue weighted by Gasteiger charge is 2.12. The predicted molar refractivity (Wildman–Crippen MR) is 90.3 cm³/mol. The van der Waals surface area contributed by atoms with Gasteiger partial charge in [-0.25, -0.2) is 0 Å². The van der Waals surface area contributed by atoms with Crippen molar-refractivity contribution in [3.8, 4) is 0 Å². The SMILES string of the molecule is O=C(Cc1cccc(B(O)O)c1)Nc1ccc2cnccc2c1. The van der Waals surface area contributed by atoms with Crippen LogP contribution in [-0.4, -0.2) is 28.1 Å². The normalized spacial score (nSPS) is 10.5. The Bertz CT molecular complexity index is 852. The maximum atomic E-state index is 12.2. The minimum Gasteiger partial charge on any atom is -0.423 e. The van der Waals surface area contributed by atoms with Gasteiger partial charge in [0, 0.05) is 23.5 Å². The first-order valence-corrected chi connectivity index (χ1v) is 7.20. The van der Waals surface area contributed by atoms with E-state index in [-0.39, 0.29) is 12.3 Å². The van der Waals surface area contributed by atoms with E-state index < -0.39 is 7.12 Å². The second-order valence-corrected chi connectivity index (χ2v) is 5.28. The Morgan fingerprint density at radius 3 is 2.78 bits per heavy atom. The number of anilines is 1. The molecule has 0 bridgehead atoms. The van der Waals surface area contributed by atoms with Crippen molar-refractivity contribution in [2.24, 2.45) is 0 Å². The second-order valence-electron chi connectivity index (χ2n) is 5.28. The molecule has 0 unspecified atom stereocenters. The van der Waals surface area contributed by atoms with Crippen molar-refractivity contribution in [3.63, 3.8) is 0 Å². The minimum atomic E-state index is -1.54. The summed E-state index contributed by atoms with van der Waals surface area (Å²) in [5.74, 6) is -0.164. The van der Waals surface area contributed by atoms with E-state index in [4.69, 9.17) is 10.0 Å². The van der Waals surface area contributed by atoms with Crippen molar-refractivity contribution in [1.29, 1.82) is 0 Å². The van der Waals surface area contributed by atoms with Crippen molar-refractivity contribution in [3.05, 3.63) is 66.5 Å². The molecule has 0 radical (unpaired) electrons. The number of nitrogens with zero attached hydrogens (tertiary/aromatic N) is 1. The van der Waals surface area contributed by atoms with Gasteiger partial charge in [-0.3, -0.25) is 9.78 Å². The van der Waals surface area contributed by atoms with E-state index in [0.717, 1.165) is 16.3 Å². The lowest BCUT2D eigenvalue weighted by atomic mass is 9.79. The van der Waals surface area contributed by atoms with E-state index in [0.29, 0.717) is 11.2 Å². The van der Waals surface area contributed by atoms with Crippen LogP contribution in [0.25, 0.3) is 10.8 Å². The van der Waals surface area contributed by atoms with E-state index in [2.05, 4.69) is 10.3 Å². The number of carbonyl (C=O) groups is 1. The summed E-state index contributed by atoms with van der Waals surface area (Å²) in [4.78, 5) is 16.2. The molecular formula is C17H15BN2O3. The van der Waals surface area contributed by atoms with Crippen LogP contribution in [0.5, 0.6) is 0 Å². The van der Waals surface area contributed by atoms with Crippen LogP contribution in [0.3, 0.4) is 0 Å². The Kier molecular flexibility index (Phi) is 4.37. The van der Waals surface area contributed by atoms with Gasteiger partial charge in [-0.1, -0.05) is 30.3 Å². The molecular weight excluding hydrogens is 291 g/mol. The summed E-state index contributed by atoms with van der Waals surface area (Å²) in [6.07, 6.45) is 3.64. The number of aromatic nitrogens is 1. The van der Waals surface area contributed by atoms with Gasteiger partial charge in [0.05, 0.1) is 6.42 Å². The first-order valence-electron chi connectivity index (χ1n) is 7.20. The van der Waals surface area contributed by atoms with Gasteiger partial charge in [0.2, 0.25) is 5.91 Å². The summed E-state index contributed by atoms with van der Waals surface area (Å²) >= 11 is 0. The molecule has 0 saturated heterocycles. The van der Waals surface area contributed by atoms with Crippen molar-refractivity contribution in [1.82, 2.24) is 4.98 Å². The molecule has 5 nitrogen and oxygen atoms in total. The van der Waals surface area contributed by atoms with Crippen LogP contribution in [0.1, 0.15) is 5.56 Å². The molecule has 1 amide bonds. The van der Waals surface area contributed by atoms with Crippen LogP contribution in [0.2, 0.25) is 0 Å². The molecule has 23 heavy (non-hydrogen) atoms. The molecule has 2 aromatic carbocycles. The molecule has 1 heterocycles. The van der Waals surface area contributed by atoms with Gasteiger partial charge in [0.1, 0.15) is 0 Å². The van der Waals surface area contributed by atoms with Crippen molar-refractivity contribution in [2.45, 2.75) is 6.42 Å². The zero-order chi connectivity index (χ0) is 16.2. The lowest BCUT2D eigenvalue weighted by Gasteiger charge is -2.08. The molecule has 0 fully saturated rings. The van der Waals surface area contributed by atoms with Crippen molar-refractivity contribution < 1.29 is 14.8 Å². The predicted octanol–water partition coefficient (Wildman–Crippen LogP) is 1.10. The molecule has 0 spiro atoms. The number of fused-ring (bicyclic) bond motifs is 1. The van der Waals surface area contributed by atoms with Crippen LogP contribution in [0.15, 0.2) is 60.9 Å². The number of benzene rings is 2. The number of hydrogen-bond acceptors (Lipinski definition) is 4. The quantitative estimate of drug-likeness (QED) is 0.630. The average molecular weight is 306 g/mol. The topological polar surface area (TPSA) is 82.5 Å². The number of pyridine rings is 1. The van der Waals surface area contributed by atoms with Crippen LogP contribution < -0.4 is 10.8 Å². The Morgan fingerprint density at radius 2 is 1.96 bits per heavy atom. The molecule has 0 aliphatic carbocycles. The minimum absolute atomic E-state index is 0.162. The van der Waals surface area contributed by atoms with Crippen LogP contribution >= 0.6 is 0 Å². The Hall–Kier alpha value is -2.70. The van der Waals surface area contributed by atoms with E-state index in [9.17, 15) is 4.79 Å². The van der Waals surface area contributed by atoms with Gasteiger partial charge in [-0.05, 0) is 34.6 Å². The number of nitrogens with one attached hydrogen (secondary N) is 1. The summed E-state index contributed by atoms with van der Waals surface area (Å²) in [5.41, 5.74) is 1.80. The van der Waals surface area contributed by atoms with E-state index in [1.54, 1.807) is 36.7 Å². The third kappa shape index (κ3) is 3.74. The molecule has 1 aromatic heterocycles.